The minimum Gasteiger partial charge on any atom is -0.467 e. The second-order valence-corrected chi connectivity index (χ2v) is 7.12. The van der Waals surface area contributed by atoms with Gasteiger partial charge in [-0.3, -0.25) is 14.9 Å². The fourth-order valence-corrected chi connectivity index (χ4v) is 4.04. The van der Waals surface area contributed by atoms with Crippen LogP contribution in [0.4, 0.5) is 5.13 Å². The highest BCUT2D eigenvalue weighted by atomic mass is 32.1. The van der Waals surface area contributed by atoms with Crippen molar-refractivity contribution in [3.05, 3.63) is 70.6 Å². The fraction of sp³-hybridized carbons (Fsp3) is 0.211. The van der Waals surface area contributed by atoms with E-state index in [0.717, 1.165) is 23.4 Å². The third kappa shape index (κ3) is 3.39. The van der Waals surface area contributed by atoms with Gasteiger partial charge in [0.25, 0.3) is 5.91 Å². The smallest absolute Gasteiger partial charge is 0.257 e. The average Bonchev–Trinajstić information content (AvgIpc) is 3.37. The van der Waals surface area contributed by atoms with E-state index >= 15 is 0 Å². The third-order valence-corrected chi connectivity index (χ3v) is 5.35. The number of aromatic nitrogens is 1. The fourth-order valence-electron chi connectivity index (χ4n) is 3.01. The van der Waals surface area contributed by atoms with E-state index in [1.165, 1.54) is 11.3 Å². The summed E-state index contributed by atoms with van der Waals surface area (Å²) in [6.45, 7) is 0.361. The number of aryl methyl sites for hydroxylation is 1. The normalized spacial score (nSPS) is 15.5. The summed E-state index contributed by atoms with van der Waals surface area (Å²) in [4.78, 5) is 30.3. The molecule has 2 N–H and O–H groups in total. The molecular weight excluding hydrogens is 350 g/mol. The molecular formula is C19H17N3O3S. The number of nitrogens with one attached hydrogen (secondary N) is 2. The van der Waals surface area contributed by atoms with Gasteiger partial charge in [0, 0.05) is 10.4 Å². The van der Waals surface area contributed by atoms with Crippen LogP contribution in [-0.2, 0) is 17.8 Å². The number of carbonyl (C=O) groups is 2. The summed E-state index contributed by atoms with van der Waals surface area (Å²) < 4.78 is 5.23. The molecule has 6 nitrogen and oxygen atoms in total. The maximum Gasteiger partial charge on any atom is 0.257 e. The van der Waals surface area contributed by atoms with Crippen LogP contribution >= 0.6 is 11.3 Å². The molecule has 0 bridgehead atoms. The van der Waals surface area contributed by atoms with Crippen LogP contribution in [0, 0.1) is 0 Å². The van der Waals surface area contributed by atoms with Crippen LogP contribution in [0.15, 0.2) is 53.1 Å². The summed E-state index contributed by atoms with van der Waals surface area (Å²) in [6.07, 6.45) is 3.12. The van der Waals surface area contributed by atoms with Crippen molar-refractivity contribution < 1.29 is 14.0 Å². The number of benzene rings is 1. The number of hydrogen-bond donors (Lipinski definition) is 2. The molecule has 3 aromatic rings. The van der Waals surface area contributed by atoms with Crippen molar-refractivity contribution in [2.24, 2.45) is 0 Å². The van der Waals surface area contributed by atoms with E-state index in [1.807, 2.05) is 24.3 Å². The molecule has 2 aromatic heterocycles. The number of anilines is 1. The molecule has 0 spiro atoms. The topological polar surface area (TPSA) is 84.2 Å². The molecule has 1 aliphatic rings. The second kappa shape index (κ2) is 7.13. The first kappa shape index (κ1) is 16.5. The molecule has 0 saturated heterocycles. The molecule has 0 saturated carbocycles. The molecule has 4 rings (SSSR count). The lowest BCUT2D eigenvalue weighted by molar-refractivity contribution is -0.122. The van der Waals surface area contributed by atoms with Crippen molar-refractivity contribution in [3.63, 3.8) is 0 Å². The van der Waals surface area contributed by atoms with E-state index in [-0.39, 0.29) is 17.7 Å². The number of amides is 2. The number of rotatable bonds is 5. The van der Waals surface area contributed by atoms with Crippen molar-refractivity contribution >= 4 is 28.3 Å². The molecule has 7 heteroatoms. The molecule has 1 atom stereocenters. The SMILES string of the molecule is O=C(Nc1nc2c(s1)CC[C@H]2C(=O)NCc1ccco1)c1ccccc1. The third-order valence-electron chi connectivity index (χ3n) is 4.31. The maximum absolute atomic E-state index is 12.5. The van der Waals surface area contributed by atoms with Crippen molar-refractivity contribution in [1.82, 2.24) is 10.3 Å². The zero-order chi connectivity index (χ0) is 17.9. The predicted molar refractivity (Wildman–Crippen MR) is 98.1 cm³/mol. The van der Waals surface area contributed by atoms with Gasteiger partial charge in [0.1, 0.15) is 5.76 Å². The summed E-state index contributed by atoms with van der Waals surface area (Å²) in [5, 5.41) is 6.25. The van der Waals surface area contributed by atoms with E-state index in [2.05, 4.69) is 15.6 Å². The molecule has 1 aliphatic carbocycles. The van der Waals surface area contributed by atoms with E-state index in [0.29, 0.717) is 23.0 Å². The lowest BCUT2D eigenvalue weighted by atomic mass is 10.1. The number of nitrogens with zero attached hydrogens (tertiary/aromatic N) is 1. The highest BCUT2D eigenvalue weighted by Crippen LogP contribution is 2.38. The number of fused-ring (bicyclic) bond motifs is 1. The highest BCUT2D eigenvalue weighted by molar-refractivity contribution is 7.16. The van der Waals surface area contributed by atoms with Crippen molar-refractivity contribution in [2.45, 2.75) is 25.3 Å². The Kier molecular flexibility index (Phi) is 4.53. The summed E-state index contributed by atoms with van der Waals surface area (Å²) >= 11 is 1.44. The first-order valence-corrected chi connectivity index (χ1v) is 9.18. The Bertz CT molecular complexity index is 919. The second-order valence-electron chi connectivity index (χ2n) is 6.04. The zero-order valence-corrected chi connectivity index (χ0v) is 14.7. The molecule has 132 valence electrons. The highest BCUT2D eigenvalue weighted by Gasteiger charge is 2.32. The lowest BCUT2D eigenvalue weighted by Gasteiger charge is -2.09. The van der Waals surface area contributed by atoms with Gasteiger partial charge in [0.15, 0.2) is 5.13 Å². The van der Waals surface area contributed by atoms with E-state index in [9.17, 15) is 9.59 Å². The molecule has 2 heterocycles. The summed E-state index contributed by atoms with van der Waals surface area (Å²) in [5.41, 5.74) is 1.35. The Morgan fingerprint density at radius 3 is 2.81 bits per heavy atom. The number of carbonyl (C=O) groups excluding carboxylic acids is 2. The minimum atomic E-state index is -0.279. The lowest BCUT2D eigenvalue weighted by Crippen LogP contribution is -2.28. The zero-order valence-electron chi connectivity index (χ0n) is 13.9. The molecule has 1 aromatic carbocycles. The van der Waals surface area contributed by atoms with Crippen LogP contribution in [0.3, 0.4) is 0 Å². The number of hydrogen-bond acceptors (Lipinski definition) is 5. The first-order chi connectivity index (χ1) is 12.7. The van der Waals surface area contributed by atoms with Gasteiger partial charge in [-0.05, 0) is 37.1 Å². The Balaban J connectivity index is 1.42. The van der Waals surface area contributed by atoms with Gasteiger partial charge in [0.05, 0.1) is 24.4 Å². The minimum absolute atomic E-state index is 0.0635. The van der Waals surface area contributed by atoms with Gasteiger partial charge in [-0.1, -0.05) is 18.2 Å². The Morgan fingerprint density at radius 1 is 1.19 bits per heavy atom. The van der Waals surface area contributed by atoms with Crippen molar-refractivity contribution in [1.29, 1.82) is 0 Å². The molecule has 0 fully saturated rings. The summed E-state index contributed by atoms with van der Waals surface area (Å²) in [5.74, 6) is 0.174. The van der Waals surface area contributed by atoms with Crippen LogP contribution < -0.4 is 10.6 Å². The maximum atomic E-state index is 12.5. The van der Waals surface area contributed by atoms with Crippen molar-refractivity contribution in [3.8, 4) is 0 Å². The Labute approximate surface area is 154 Å². The predicted octanol–water partition coefficient (Wildman–Crippen LogP) is 3.33. The summed E-state index contributed by atoms with van der Waals surface area (Å²) in [6, 6.07) is 12.6. The quantitative estimate of drug-likeness (QED) is 0.724. The number of furan rings is 1. The van der Waals surface area contributed by atoms with Gasteiger partial charge < -0.3 is 9.73 Å². The molecule has 0 aliphatic heterocycles. The largest absolute Gasteiger partial charge is 0.467 e. The van der Waals surface area contributed by atoms with Gasteiger partial charge in [-0.25, -0.2) is 4.98 Å². The molecule has 0 unspecified atom stereocenters. The van der Waals surface area contributed by atoms with Crippen molar-refractivity contribution in [2.75, 3.05) is 5.32 Å². The van der Waals surface area contributed by atoms with Crippen LogP contribution in [0.1, 0.15) is 39.0 Å². The number of thiazole rings is 1. The summed E-state index contributed by atoms with van der Waals surface area (Å²) in [7, 11) is 0. The van der Waals surface area contributed by atoms with E-state index in [4.69, 9.17) is 4.42 Å². The Hall–Kier alpha value is -2.93. The van der Waals surface area contributed by atoms with Gasteiger partial charge in [-0.2, -0.15) is 0 Å². The van der Waals surface area contributed by atoms with Crippen LogP contribution in [0.2, 0.25) is 0 Å². The molecule has 2 amide bonds. The average molecular weight is 367 g/mol. The first-order valence-electron chi connectivity index (χ1n) is 8.37. The van der Waals surface area contributed by atoms with Gasteiger partial charge in [-0.15, -0.1) is 11.3 Å². The molecule has 26 heavy (non-hydrogen) atoms. The van der Waals surface area contributed by atoms with Crippen LogP contribution in [0.25, 0.3) is 0 Å². The van der Waals surface area contributed by atoms with Crippen LogP contribution in [0.5, 0.6) is 0 Å². The van der Waals surface area contributed by atoms with Crippen LogP contribution in [-0.4, -0.2) is 16.8 Å². The van der Waals surface area contributed by atoms with E-state index in [1.54, 1.807) is 24.5 Å². The van der Waals surface area contributed by atoms with Gasteiger partial charge >= 0.3 is 0 Å². The van der Waals surface area contributed by atoms with E-state index < -0.39 is 0 Å². The molecule has 0 radical (unpaired) electrons. The standard InChI is InChI=1S/C19H17N3O3S/c23-17(12-5-2-1-3-6-12)22-19-21-16-14(8-9-15(16)26-19)18(24)20-11-13-7-4-10-25-13/h1-7,10,14H,8-9,11H2,(H,20,24)(H,21,22,23)/t14-/m1/s1. The monoisotopic (exact) mass is 367 g/mol. The van der Waals surface area contributed by atoms with Gasteiger partial charge in [0.2, 0.25) is 5.91 Å². The Morgan fingerprint density at radius 2 is 2.04 bits per heavy atom.